The van der Waals surface area contributed by atoms with Gasteiger partial charge in [0.1, 0.15) is 6.54 Å². The Balaban J connectivity index is 1.67. The number of nitrogen functional groups attached to an aromatic ring is 2. The quantitative estimate of drug-likeness (QED) is 0.208. The molecule has 0 aliphatic carbocycles. The topological polar surface area (TPSA) is 154 Å². The van der Waals surface area contributed by atoms with Gasteiger partial charge in [-0.2, -0.15) is 13.2 Å². The monoisotopic (exact) mass is 533 g/mol. The first-order valence-corrected chi connectivity index (χ1v) is 11.3. The van der Waals surface area contributed by atoms with Crippen LogP contribution >= 0.6 is 0 Å². The molecule has 200 valence electrons. The van der Waals surface area contributed by atoms with Crippen LogP contribution in [0.5, 0.6) is 0 Å². The van der Waals surface area contributed by atoms with Crippen LogP contribution in [0.2, 0.25) is 0 Å². The summed E-state index contributed by atoms with van der Waals surface area (Å²) in [5, 5.41) is 9.11. The molecule has 14 heteroatoms. The maximum Gasteiger partial charge on any atom is 0.416 e. The van der Waals surface area contributed by atoms with Gasteiger partial charge in [0.25, 0.3) is 5.56 Å². The molecular weight excluding hydrogens is 510 g/mol. The summed E-state index contributed by atoms with van der Waals surface area (Å²) in [5.74, 6) is -1.57. The van der Waals surface area contributed by atoms with Gasteiger partial charge in [0.2, 0.25) is 11.5 Å². The molecule has 6 N–H and O–H groups in total. The average molecular weight is 533 g/mol. The fraction of sp³-hybridized carbons (Fsp3) is 0.250. The zero-order valence-electron chi connectivity index (χ0n) is 20.2. The van der Waals surface area contributed by atoms with Crippen LogP contribution in [-0.4, -0.2) is 26.7 Å². The van der Waals surface area contributed by atoms with E-state index in [1.54, 1.807) is 13.8 Å². The molecule has 0 fully saturated rings. The van der Waals surface area contributed by atoms with Crippen molar-refractivity contribution in [2.75, 3.05) is 16.8 Å². The molecule has 2 heterocycles. The summed E-state index contributed by atoms with van der Waals surface area (Å²) < 4.78 is 60.8. The van der Waals surface area contributed by atoms with E-state index < -0.39 is 35.6 Å². The Morgan fingerprint density at radius 3 is 2.61 bits per heavy atom. The van der Waals surface area contributed by atoms with Gasteiger partial charge in [-0.3, -0.25) is 14.2 Å². The number of carbonyl (C=O) groups excluding carboxylic acids is 1. The minimum atomic E-state index is -4.70. The van der Waals surface area contributed by atoms with Crippen molar-refractivity contribution in [2.45, 2.75) is 39.2 Å². The average Bonchev–Trinajstić information content (AvgIpc) is 3.21. The number of alkyl halides is 3. The van der Waals surface area contributed by atoms with Crippen LogP contribution in [0.1, 0.15) is 25.0 Å². The van der Waals surface area contributed by atoms with Gasteiger partial charge in [-0.05, 0) is 38.1 Å². The molecule has 0 bridgehead atoms. The Bertz CT molecular complexity index is 1580. The molecule has 4 aromatic rings. The van der Waals surface area contributed by atoms with Gasteiger partial charge in [0.05, 0.1) is 22.8 Å². The van der Waals surface area contributed by atoms with Crippen LogP contribution in [-0.2, 0) is 24.1 Å². The minimum Gasteiger partial charge on any atom is -0.399 e. The summed E-state index contributed by atoms with van der Waals surface area (Å²) in [4.78, 5) is 30.1. The second-order valence-electron chi connectivity index (χ2n) is 8.78. The van der Waals surface area contributed by atoms with Crippen molar-refractivity contribution < 1.29 is 26.9 Å². The van der Waals surface area contributed by atoms with Crippen LogP contribution in [0.4, 0.5) is 34.9 Å². The van der Waals surface area contributed by atoms with Crippen LogP contribution in [0.15, 0.2) is 45.8 Å². The third-order valence-corrected chi connectivity index (χ3v) is 5.52. The third kappa shape index (κ3) is 5.38. The van der Waals surface area contributed by atoms with Crippen molar-refractivity contribution in [3.8, 4) is 11.3 Å². The van der Waals surface area contributed by atoms with Crippen LogP contribution in [0, 0.1) is 5.82 Å². The molecule has 38 heavy (non-hydrogen) atoms. The first-order valence-electron chi connectivity index (χ1n) is 11.3. The summed E-state index contributed by atoms with van der Waals surface area (Å²) in [5.41, 5.74) is 9.10. The van der Waals surface area contributed by atoms with E-state index in [0.29, 0.717) is 0 Å². The summed E-state index contributed by atoms with van der Waals surface area (Å²) in [6.45, 7) is 2.64. The van der Waals surface area contributed by atoms with E-state index in [4.69, 9.17) is 16.0 Å². The molecule has 0 aliphatic heterocycles. The highest BCUT2D eigenvalue weighted by Gasteiger charge is 2.31. The molecule has 1 amide bonds. The predicted molar refractivity (Wildman–Crippen MR) is 132 cm³/mol. The molecule has 0 unspecified atom stereocenters. The fourth-order valence-electron chi connectivity index (χ4n) is 3.77. The molecule has 0 atom stereocenters. The van der Waals surface area contributed by atoms with E-state index in [0.717, 1.165) is 16.7 Å². The number of carbonyl (C=O) groups is 1. The normalized spacial score (nSPS) is 11.8. The van der Waals surface area contributed by atoms with Gasteiger partial charge in [0.15, 0.2) is 17.5 Å². The Hall–Kier alpha value is -4.62. The SMILES string of the molecule is CC(C)Nc1ncc(-c2cc(N)cc(C(F)(F)F)c2)n(CC(=O)NCc2ccc3c(N)noc3c2F)c1=O. The van der Waals surface area contributed by atoms with Crippen molar-refractivity contribution in [1.29, 1.82) is 0 Å². The van der Waals surface area contributed by atoms with Crippen molar-refractivity contribution in [1.82, 2.24) is 20.0 Å². The molecule has 0 aliphatic rings. The highest BCUT2D eigenvalue weighted by Crippen LogP contribution is 2.34. The van der Waals surface area contributed by atoms with E-state index in [1.165, 1.54) is 24.4 Å². The number of anilines is 3. The molecule has 4 rings (SSSR count). The van der Waals surface area contributed by atoms with Crippen LogP contribution < -0.4 is 27.7 Å². The lowest BCUT2D eigenvalue weighted by atomic mass is 10.1. The molecule has 2 aromatic carbocycles. The fourth-order valence-corrected chi connectivity index (χ4v) is 3.77. The third-order valence-electron chi connectivity index (χ3n) is 5.52. The molecular formula is C24H23F4N7O3. The highest BCUT2D eigenvalue weighted by atomic mass is 19.4. The number of halogens is 4. The number of nitrogens with one attached hydrogen (secondary N) is 2. The van der Waals surface area contributed by atoms with E-state index in [9.17, 15) is 27.2 Å². The maximum absolute atomic E-state index is 14.7. The molecule has 2 aromatic heterocycles. The summed E-state index contributed by atoms with van der Waals surface area (Å²) in [6, 6.07) is 5.49. The molecule has 0 saturated heterocycles. The molecule has 10 nitrogen and oxygen atoms in total. The molecule has 0 saturated carbocycles. The second-order valence-corrected chi connectivity index (χ2v) is 8.78. The first kappa shape index (κ1) is 26.4. The first-order chi connectivity index (χ1) is 17.8. The zero-order valence-corrected chi connectivity index (χ0v) is 20.2. The van der Waals surface area contributed by atoms with E-state index in [2.05, 4.69) is 20.8 Å². The minimum absolute atomic E-state index is 0.0140. The number of benzene rings is 2. The van der Waals surface area contributed by atoms with E-state index in [1.807, 2.05) is 0 Å². The maximum atomic E-state index is 14.7. The largest absolute Gasteiger partial charge is 0.416 e. The van der Waals surface area contributed by atoms with Gasteiger partial charge in [0, 0.05) is 29.4 Å². The number of rotatable bonds is 7. The van der Waals surface area contributed by atoms with Crippen molar-refractivity contribution >= 4 is 34.2 Å². The summed E-state index contributed by atoms with van der Waals surface area (Å²) in [7, 11) is 0. The van der Waals surface area contributed by atoms with Gasteiger partial charge in [-0.15, -0.1) is 0 Å². The Morgan fingerprint density at radius 2 is 1.92 bits per heavy atom. The van der Waals surface area contributed by atoms with Gasteiger partial charge >= 0.3 is 6.18 Å². The lowest BCUT2D eigenvalue weighted by molar-refractivity contribution is -0.137. The standard InChI is InChI=1S/C24H23F4N7O3/c1-11(2)33-22-23(37)35(17(9-32-22)13-5-14(24(26,27)28)7-15(29)6-13)10-18(36)31-8-12-3-4-16-20(19(12)25)38-34-21(16)30/h3-7,9,11H,8,10,29H2,1-2H3,(H2,30,34)(H,31,36)(H,32,33). The zero-order chi connectivity index (χ0) is 27.8. The lowest BCUT2D eigenvalue weighted by Crippen LogP contribution is -2.35. The second kappa shape index (κ2) is 10.0. The Labute approximate surface area is 212 Å². The summed E-state index contributed by atoms with van der Waals surface area (Å²) >= 11 is 0. The van der Waals surface area contributed by atoms with E-state index in [-0.39, 0.29) is 57.7 Å². The molecule has 0 spiro atoms. The van der Waals surface area contributed by atoms with E-state index >= 15 is 0 Å². The van der Waals surface area contributed by atoms with Gasteiger partial charge < -0.3 is 26.6 Å². The van der Waals surface area contributed by atoms with Crippen LogP contribution in [0.25, 0.3) is 22.2 Å². The Kier molecular flexibility index (Phi) is 6.98. The van der Waals surface area contributed by atoms with Crippen molar-refractivity contribution in [2.24, 2.45) is 0 Å². The summed E-state index contributed by atoms with van der Waals surface area (Å²) in [6.07, 6.45) is -3.52. The number of hydrogen-bond acceptors (Lipinski definition) is 8. The smallest absolute Gasteiger partial charge is 0.399 e. The van der Waals surface area contributed by atoms with Crippen molar-refractivity contribution in [3.63, 3.8) is 0 Å². The van der Waals surface area contributed by atoms with Crippen molar-refractivity contribution in [3.05, 3.63) is 63.8 Å². The highest BCUT2D eigenvalue weighted by molar-refractivity contribution is 5.87. The number of nitrogens with zero attached hydrogens (tertiary/aromatic N) is 3. The van der Waals surface area contributed by atoms with Crippen LogP contribution in [0.3, 0.4) is 0 Å². The number of amides is 1. The number of aromatic nitrogens is 3. The van der Waals surface area contributed by atoms with Gasteiger partial charge in [-0.1, -0.05) is 11.2 Å². The molecule has 0 radical (unpaired) electrons. The lowest BCUT2D eigenvalue weighted by Gasteiger charge is -2.17. The predicted octanol–water partition coefficient (Wildman–Crippen LogP) is 3.51. The number of fused-ring (bicyclic) bond motifs is 1. The van der Waals surface area contributed by atoms with Gasteiger partial charge in [-0.25, -0.2) is 9.37 Å². The number of nitrogens with two attached hydrogens (primary N) is 2. The number of hydrogen-bond donors (Lipinski definition) is 4. The Morgan fingerprint density at radius 1 is 1.18 bits per heavy atom.